The first kappa shape index (κ1) is 12.7. The van der Waals surface area contributed by atoms with Gasteiger partial charge in [0.2, 0.25) is 0 Å². The van der Waals surface area contributed by atoms with Crippen molar-refractivity contribution in [1.82, 2.24) is 4.90 Å². The number of nitrogens with two attached hydrogens (primary N) is 1. The molecule has 6 nitrogen and oxygen atoms in total. The van der Waals surface area contributed by atoms with Gasteiger partial charge in [0.25, 0.3) is 5.91 Å². The zero-order valence-electron chi connectivity index (χ0n) is 9.46. The Hall–Kier alpha value is -0.760. The minimum atomic E-state index is -0.506. The third-order valence-corrected chi connectivity index (χ3v) is 3.05. The predicted octanol–water partition coefficient (Wildman–Crippen LogP) is -1.08. The third-order valence-electron chi connectivity index (χ3n) is 2.79. The molecule has 0 saturated carbocycles. The molecule has 96 valence electrons. The van der Waals surface area contributed by atoms with Gasteiger partial charge in [0.15, 0.2) is 6.10 Å². The molecule has 0 bridgehead atoms. The first-order chi connectivity index (χ1) is 8.18. The van der Waals surface area contributed by atoms with Crippen molar-refractivity contribution in [3.63, 3.8) is 0 Å². The highest BCUT2D eigenvalue weighted by atomic mass is 32.1. The van der Waals surface area contributed by atoms with Gasteiger partial charge in [0.1, 0.15) is 11.1 Å². The number of amides is 1. The molecule has 0 radical (unpaired) electrons. The first-order valence-electron chi connectivity index (χ1n) is 5.57. The summed E-state index contributed by atoms with van der Waals surface area (Å²) in [4.78, 5) is 14.1. The number of carbonyl (C=O) groups is 1. The summed E-state index contributed by atoms with van der Waals surface area (Å²) in [5.41, 5.74) is 5.52. The van der Waals surface area contributed by atoms with Gasteiger partial charge in [0, 0.05) is 6.54 Å². The van der Waals surface area contributed by atoms with Crippen LogP contribution in [0.2, 0.25) is 0 Å². The fourth-order valence-electron chi connectivity index (χ4n) is 1.86. The number of hydrogen-bond acceptors (Lipinski definition) is 5. The summed E-state index contributed by atoms with van der Waals surface area (Å²) in [6.45, 7) is 2.70. The summed E-state index contributed by atoms with van der Waals surface area (Å²) in [6.07, 6.45) is -0.860. The molecular weight excluding hydrogens is 244 g/mol. The Morgan fingerprint density at radius 1 is 1.24 bits per heavy atom. The molecule has 17 heavy (non-hydrogen) atoms. The second-order valence-electron chi connectivity index (χ2n) is 3.98. The summed E-state index contributed by atoms with van der Waals surface area (Å²) in [6, 6.07) is 0. The molecule has 2 unspecified atom stereocenters. The maximum absolute atomic E-state index is 12.1. The normalized spacial score (nSPS) is 30.0. The fourth-order valence-corrected chi connectivity index (χ4v) is 2.00. The number of rotatable bonds is 2. The average Bonchev–Trinajstić information content (AvgIpc) is 2.39. The van der Waals surface area contributed by atoms with E-state index in [0.29, 0.717) is 39.5 Å². The minimum Gasteiger partial charge on any atom is -0.391 e. The molecule has 2 saturated heterocycles. The monoisotopic (exact) mass is 260 g/mol. The quantitative estimate of drug-likeness (QED) is 0.636. The van der Waals surface area contributed by atoms with Crippen LogP contribution in [0.25, 0.3) is 0 Å². The molecule has 2 atom stereocenters. The van der Waals surface area contributed by atoms with Gasteiger partial charge in [-0.3, -0.25) is 4.79 Å². The third kappa shape index (κ3) is 3.12. The maximum Gasteiger partial charge on any atom is 0.254 e. The van der Waals surface area contributed by atoms with Crippen LogP contribution >= 0.6 is 12.2 Å². The van der Waals surface area contributed by atoms with Crippen molar-refractivity contribution in [1.29, 1.82) is 0 Å². The van der Waals surface area contributed by atoms with Crippen LogP contribution in [0.4, 0.5) is 0 Å². The van der Waals surface area contributed by atoms with Gasteiger partial charge in [-0.1, -0.05) is 12.2 Å². The van der Waals surface area contributed by atoms with Gasteiger partial charge < -0.3 is 24.8 Å². The number of thiocarbonyl (C=S) groups is 1. The van der Waals surface area contributed by atoms with Crippen LogP contribution in [-0.4, -0.2) is 67.5 Å². The summed E-state index contributed by atoms with van der Waals surface area (Å²) >= 11 is 4.87. The Kier molecular flexibility index (Phi) is 4.27. The van der Waals surface area contributed by atoms with Crippen molar-refractivity contribution in [2.45, 2.75) is 12.2 Å². The molecule has 2 aliphatic rings. The van der Waals surface area contributed by atoms with E-state index in [9.17, 15) is 4.79 Å². The summed E-state index contributed by atoms with van der Waals surface area (Å²) in [5, 5.41) is 0. The van der Waals surface area contributed by atoms with E-state index in [1.54, 1.807) is 4.90 Å². The number of morpholine rings is 1. The fraction of sp³-hybridized carbons (Fsp3) is 0.800. The number of nitrogens with zero attached hydrogens (tertiary/aromatic N) is 1. The van der Waals surface area contributed by atoms with Crippen molar-refractivity contribution < 1.29 is 19.0 Å². The van der Waals surface area contributed by atoms with Crippen LogP contribution in [0.5, 0.6) is 0 Å². The molecule has 0 aromatic rings. The van der Waals surface area contributed by atoms with Gasteiger partial charge in [-0.25, -0.2) is 0 Å². The first-order valence-corrected chi connectivity index (χ1v) is 5.98. The largest absolute Gasteiger partial charge is 0.391 e. The number of carbonyl (C=O) groups excluding carboxylic acids is 1. The molecule has 0 aromatic heterocycles. The molecule has 0 aromatic carbocycles. The van der Waals surface area contributed by atoms with Crippen molar-refractivity contribution in [2.75, 3.05) is 39.5 Å². The zero-order chi connectivity index (χ0) is 12.3. The Bertz CT molecular complexity index is 307. The van der Waals surface area contributed by atoms with Crippen molar-refractivity contribution in [2.24, 2.45) is 5.73 Å². The van der Waals surface area contributed by atoms with E-state index >= 15 is 0 Å². The number of ether oxygens (including phenoxy) is 3. The molecule has 2 rings (SSSR count). The van der Waals surface area contributed by atoms with Crippen LogP contribution in [0.3, 0.4) is 0 Å². The van der Waals surface area contributed by atoms with Crippen LogP contribution in [0, 0.1) is 0 Å². The highest BCUT2D eigenvalue weighted by Crippen LogP contribution is 2.11. The lowest BCUT2D eigenvalue weighted by molar-refractivity contribution is -0.162. The van der Waals surface area contributed by atoms with E-state index in [1.165, 1.54) is 0 Å². The smallest absolute Gasteiger partial charge is 0.254 e. The van der Waals surface area contributed by atoms with Gasteiger partial charge in [-0.15, -0.1) is 0 Å². The lowest BCUT2D eigenvalue weighted by Crippen LogP contribution is -2.54. The van der Waals surface area contributed by atoms with Crippen LogP contribution < -0.4 is 5.73 Å². The molecule has 0 spiro atoms. The Labute approximate surface area is 105 Å². The average molecular weight is 260 g/mol. The molecule has 1 amide bonds. The number of hydrogen-bond donors (Lipinski definition) is 1. The van der Waals surface area contributed by atoms with E-state index in [2.05, 4.69) is 0 Å². The van der Waals surface area contributed by atoms with Crippen LogP contribution in [0.15, 0.2) is 0 Å². The van der Waals surface area contributed by atoms with Gasteiger partial charge in [-0.05, 0) is 0 Å². The molecule has 2 N–H and O–H groups in total. The zero-order valence-corrected chi connectivity index (χ0v) is 10.3. The highest BCUT2D eigenvalue weighted by Gasteiger charge is 2.32. The van der Waals surface area contributed by atoms with E-state index < -0.39 is 6.10 Å². The molecular formula is C10H16N2O4S. The van der Waals surface area contributed by atoms with E-state index in [-0.39, 0.29) is 17.0 Å². The van der Waals surface area contributed by atoms with E-state index in [1.807, 2.05) is 0 Å². The molecule has 7 heteroatoms. The second-order valence-corrected chi connectivity index (χ2v) is 4.45. The highest BCUT2D eigenvalue weighted by molar-refractivity contribution is 7.80. The minimum absolute atomic E-state index is 0.0748. The van der Waals surface area contributed by atoms with Crippen molar-refractivity contribution >= 4 is 23.1 Å². The standard InChI is InChI=1S/C10H16N2O4S/c11-9(17)7-5-12(1-2-15-7)10(13)8-6-14-3-4-16-8/h7-8H,1-6H2,(H2,11,17). The maximum atomic E-state index is 12.1. The van der Waals surface area contributed by atoms with Crippen molar-refractivity contribution in [3.8, 4) is 0 Å². The molecule has 0 aliphatic carbocycles. The van der Waals surface area contributed by atoms with E-state index in [0.717, 1.165) is 0 Å². The summed E-state index contributed by atoms with van der Waals surface area (Å²) in [5.74, 6) is -0.0748. The lowest BCUT2D eigenvalue weighted by atomic mass is 10.2. The topological polar surface area (TPSA) is 74.0 Å². The molecule has 2 fully saturated rings. The van der Waals surface area contributed by atoms with E-state index in [4.69, 9.17) is 32.2 Å². The van der Waals surface area contributed by atoms with Gasteiger partial charge in [0.05, 0.1) is 33.0 Å². The van der Waals surface area contributed by atoms with Crippen LogP contribution in [-0.2, 0) is 19.0 Å². The SMILES string of the molecule is NC(=S)C1CN(C(=O)C2COCCO2)CCO1. The Morgan fingerprint density at radius 2 is 2.00 bits per heavy atom. The van der Waals surface area contributed by atoms with Gasteiger partial charge >= 0.3 is 0 Å². The summed E-state index contributed by atoms with van der Waals surface area (Å²) in [7, 11) is 0. The summed E-state index contributed by atoms with van der Waals surface area (Å²) < 4.78 is 16.0. The molecule has 2 aliphatic heterocycles. The molecule has 2 heterocycles. The second kappa shape index (κ2) is 5.72. The lowest BCUT2D eigenvalue weighted by Gasteiger charge is -2.35. The Balaban J connectivity index is 1.91. The predicted molar refractivity (Wildman–Crippen MR) is 63.7 cm³/mol. The van der Waals surface area contributed by atoms with Gasteiger partial charge in [-0.2, -0.15) is 0 Å². The van der Waals surface area contributed by atoms with Crippen LogP contribution in [0.1, 0.15) is 0 Å². The Morgan fingerprint density at radius 3 is 2.65 bits per heavy atom. The van der Waals surface area contributed by atoms with Crippen molar-refractivity contribution in [3.05, 3.63) is 0 Å².